The summed E-state index contributed by atoms with van der Waals surface area (Å²) in [5, 5.41) is 0. The second kappa shape index (κ2) is 6.48. The summed E-state index contributed by atoms with van der Waals surface area (Å²) in [6, 6.07) is 5.63. The first-order valence-corrected chi connectivity index (χ1v) is 8.97. The second-order valence-corrected chi connectivity index (χ2v) is 7.19. The number of hydrogen-bond acceptors (Lipinski definition) is 3. The lowest BCUT2D eigenvalue weighted by Gasteiger charge is -2.30. The van der Waals surface area contributed by atoms with E-state index in [0.29, 0.717) is 11.3 Å². The number of aryl methyl sites for hydroxylation is 1. The zero-order valence-electron chi connectivity index (χ0n) is 15.3. The zero-order chi connectivity index (χ0) is 19.3. The van der Waals surface area contributed by atoms with E-state index in [9.17, 15) is 13.6 Å². The maximum atomic E-state index is 13.9. The van der Waals surface area contributed by atoms with E-state index >= 15 is 0 Å². The highest BCUT2D eigenvalue weighted by Gasteiger charge is 2.44. The lowest BCUT2D eigenvalue weighted by molar-refractivity contribution is -0.139. The van der Waals surface area contributed by atoms with E-state index in [4.69, 9.17) is 9.47 Å². The largest absolute Gasteiger partial charge is 0.488 e. The molecule has 3 nitrogen and oxygen atoms in total. The number of carbonyl (C=O) groups is 1. The van der Waals surface area contributed by atoms with E-state index in [-0.39, 0.29) is 30.2 Å². The van der Waals surface area contributed by atoms with Gasteiger partial charge in [-0.05, 0) is 61.6 Å². The molecule has 0 amide bonds. The van der Waals surface area contributed by atoms with Crippen LogP contribution in [0, 0.1) is 31.4 Å². The van der Waals surface area contributed by atoms with Gasteiger partial charge in [-0.2, -0.15) is 0 Å². The zero-order valence-corrected chi connectivity index (χ0v) is 15.3. The van der Waals surface area contributed by atoms with Crippen molar-refractivity contribution < 1.29 is 23.0 Å². The Morgan fingerprint density at radius 3 is 2.67 bits per heavy atom. The summed E-state index contributed by atoms with van der Waals surface area (Å²) >= 11 is 0. The molecule has 2 aromatic rings. The molecule has 1 fully saturated rings. The van der Waals surface area contributed by atoms with Crippen molar-refractivity contribution in [1.82, 2.24) is 0 Å². The monoisotopic (exact) mass is 370 g/mol. The van der Waals surface area contributed by atoms with Crippen LogP contribution in [0.25, 0.3) is 0 Å². The van der Waals surface area contributed by atoms with E-state index in [1.165, 1.54) is 18.2 Å². The number of benzene rings is 2. The maximum Gasteiger partial charge on any atom is 0.334 e. The van der Waals surface area contributed by atoms with Crippen molar-refractivity contribution in [3.05, 3.63) is 75.9 Å². The van der Waals surface area contributed by atoms with Crippen LogP contribution in [-0.4, -0.2) is 5.97 Å². The summed E-state index contributed by atoms with van der Waals surface area (Å²) < 4.78 is 39.1. The summed E-state index contributed by atoms with van der Waals surface area (Å²) in [6.45, 7) is 7.53. The number of rotatable bonds is 3. The molecule has 0 spiro atoms. The molecule has 27 heavy (non-hydrogen) atoms. The highest BCUT2D eigenvalue weighted by atomic mass is 19.1. The van der Waals surface area contributed by atoms with E-state index < -0.39 is 11.6 Å². The highest BCUT2D eigenvalue weighted by Crippen LogP contribution is 2.49. The predicted molar refractivity (Wildman–Crippen MR) is 96.4 cm³/mol. The summed E-state index contributed by atoms with van der Waals surface area (Å²) in [5.41, 5.74) is 4.37. The van der Waals surface area contributed by atoms with Gasteiger partial charge in [0.25, 0.3) is 0 Å². The van der Waals surface area contributed by atoms with Crippen molar-refractivity contribution in [2.75, 3.05) is 0 Å². The van der Waals surface area contributed by atoms with Crippen LogP contribution in [-0.2, 0) is 22.6 Å². The SMILES string of the molecule is C=C1C(=O)O[C@H]2c3c(C)c(OCc4c(F)cccc4F)cc(C)c3CC[C@@H]12. The Hall–Kier alpha value is -2.69. The third kappa shape index (κ3) is 2.82. The molecule has 5 heteroatoms. The van der Waals surface area contributed by atoms with Gasteiger partial charge in [0.05, 0.1) is 5.56 Å². The van der Waals surface area contributed by atoms with E-state index in [0.717, 1.165) is 35.1 Å². The molecule has 0 N–H and O–H groups in total. The van der Waals surface area contributed by atoms with Crippen LogP contribution in [0.3, 0.4) is 0 Å². The molecular weight excluding hydrogens is 350 g/mol. The third-order valence-electron chi connectivity index (χ3n) is 5.66. The molecule has 1 saturated heterocycles. The minimum absolute atomic E-state index is 0.0256. The summed E-state index contributed by atoms with van der Waals surface area (Å²) in [5.74, 6) is -1.10. The average Bonchev–Trinajstić information content (AvgIpc) is 2.92. The van der Waals surface area contributed by atoms with Gasteiger partial charge in [-0.1, -0.05) is 12.6 Å². The molecule has 0 radical (unpaired) electrons. The van der Waals surface area contributed by atoms with Crippen molar-refractivity contribution in [2.24, 2.45) is 5.92 Å². The first-order chi connectivity index (χ1) is 12.9. The van der Waals surface area contributed by atoms with Crippen LogP contribution < -0.4 is 4.74 Å². The van der Waals surface area contributed by atoms with Crippen LogP contribution in [0.4, 0.5) is 8.78 Å². The lowest BCUT2D eigenvalue weighted by atomic mass is 9.76. The predicted octanol–water partition coefficient (Wildman–Crippen LogP) is 4.88. The Kier molecular flexibility index (Phi) is 4.25. The second-order valence-electron chi connectivity index (χ2n) is 7.19. The molecule has 0 saturated carbocycles. The van der Waals surface area contributed by atoms with Crippen LogP contribution in [0.15, 0.2) is 36.4 Å². The summed E-state index contributed by atoms with van der Waals surface area (Å²) in [7, 11) is 0. The average molecular weight is 370 g/mol. The molecule has 1 aliphatic carbocycles. The Labute approximate surface area is 156 Å². The fourth-order valence-corrected chi connectivity index (χ4v) is 4.14. The number of hydrogen-bond donors (Lipinski definition) is 0. The van der Waals surface area contributed by atoms with Crippen LogP contribution in [0.2, 0.25) is 0 Å². The smallest absolute Gasteiger partial charge is 0.334 e. The Balaban J connectivity index is 1.70. The number of esters is 1. The van der Waals surface area contributed by atoms with Crippen LogP contribution in [0.5, 0.6) is 5.75 Å². The first kappa shape index (κ1) is 17.7. The Morgan fingerprint density at radius 2 is 1.96 bits per heavy atom. The van der Waals surface area contributed by atoms with Crippen LogP contribution in [0.1, 0.15) is 40.3 Å². The van der Waals surface area contributed by atoms with Crippen molar-refractivity contribution >= 4 is 5.97 Å². The topological polar surface area (TPSA) is 35.5 Å². The van der Waals surface area contributed by atoms with Gasteiger partial charge >= 0.3 is 5.97 Å². The van der Waals surface area contributed by atoms with Gasteiger partial charge in [-0.3, -0.25) is 0 Å². The van der Waals surface area contributed by atoms with E-state index in [2.05, 4.69) is 6.58 Å². The molecule has 1 heterocycles. The summed E-state index contributed by atoms with van der Waals surface area (Å²) in [6.07, 6.45) is 1.30. The molecule has 1 aliphatic heterocycles. The molecule has 2 aliphatic rings. The quantitative estimate of drug-likeness (QED) is 0.571. The lowest BCUT2D eigenvalue weighted by Crippen LogP contribution is -2.20. The fraction of sp³-hybridized carbons (Fsp3) is 0.318. The molecule has 140 valence electrons. The van der Waals surface area contributed by atoms with Crippen molar-refractivity contribution in [3.63, 3.8) is 0 Å². The number of ether oxygens (including phenoxy) is 2. The summed E-state index contributed by atoms with van der Waals surface area (Å²) in [4.78, 5) is 12.0. The maximum absolute atomic E-state index is 13.9. The van der Waals surface area contributed by atoms with Gasteiger partial charge < -0.3 is 9.47 Å². The van der Waals surface area contributed by atoms with Crippen molar-refractivity contribution in [2.45, 2.75) is 39.4 Å². The van der Waals surface area contributed by atoms with Gasteiger partial charge in [0.1, 0.15) is 30.1 Å². The van der Waals surface area contributed by atoms with Gasteiger partial charge in [0, 0.05) is 17.1 Å². The third-order valence-corrected chi connectivity index (χ3v) is 5.66. The fourth-order valence-electron chi connectivity index (χ4n) is 4.14. The molecule has 2 aromatic carbocycles. The van der Waals surface area contributed by atoms with Crippen LogP contribution >= 0.6 is 0 Å². The molecular formula is C22H20F2O3. The Morgan fingerprint density at radius 1 is 1.26 bits per heavy atom. The van der Waals surface area contributed by atoms with Gasteiger partial charge in [-0.15, -0.1) is 0 Å². The minimum atomic E-state index is -0.636. The van der Waals surface area contributed by atoms with Crippen molar-refractivity contribution in [3.8, 4) is 5.75 Å². The van der Waals surface area contributed by atoms with Crippen molar-refractivity contribution in [1.29, 1.82) is 0 Å². The number of fused-ring (bicyclic) bond motifs is 3. The molecule has 2 atom stereocenters. The molecule has 0 unspecified atom stereocenters. The van der Waals surface area contributed by atoms with E-state index in [1.807, 2.05) is 19.9 Å². The normalized spacial score (nSPS) is 20.9. The standard InChI is InChI=1S/C22H20F2O3/c1-11-9-19(26-10-16-17(23)5-4-6-18(16)24)13(3)20-14(11)7-8-15-12(2)22(25)27-21(15)20/h4-6,9,15,21H,2,7-8,10H2,1,3H3/t15-,21+/m0/s1. The minimum Gasteiger partial charge on any atom is -0.488 e. The van der Waals surface area contributed by atoms with Gasteiger partial charge in [0.15, 0.2) is 0 Å². The Bertz CT molecular complexity index is 944. The number of halogens is 2. The molecule has 0 aromatic heterocycles. The number of carbonyl (C=O) groups excluding carboxylic acids is 1. The highest BCUT2D eigenvalue weighted by molar-refractivity contribution is 5.91. The van der Waals surface area contributed by atoms with Gasteiger partial charge in [0.2, 0.25) is 0 Å². The molecule has 0 bridgehead atoms. The molecule has 4 rings (SSSR count). The van der Waals surface area contributed by atoms with E-state index in [1.54, 1.807) is 0 Å². The van der Waals surface area contributed by atoms with Gasteiger partial charge in [-0.25, -0.2) is 13.6 Å². The first-order valence-electron chi connectivity index (χ1n) is 8.97.